The Labute approximate surface area is 98.0 Å². The van der Waals surface area contributed by atoms with Gasteiger partial charge in [0, 0.05) is 19.7 Å². The van der Waals surface area contributed by atoms with Crippen LogP contribution in [0.5, 0.6) is 0 Å². The molecular weight excluding hydrogens is 226 g/mol. The Hall–Kier alpha value is -0.130. The quantitative estimate of drug-likeness (QED) is 0.734. The van der Waals surface area contributed by atoms with Crippen molar-refractivity contribution >= 4 is 10.0 Å². The molecule has 1 aliphatic carbocycles. The van der Waals surface area contributed by atoms with Gasteiger partial charge in [0.1, 0.15) is 0 Å². The zero-order valence-electron chi connectivity index (χ0n) is 10.1. The molecule has 2 aliphatic rings. The molecule has 0 aromatic carbocycles. The topological polar surface area (TPSA) is 46.6 Å². The van der Waals surface area contributed by atoms with E-state index in [0.717, 1.165) is 18.9 Å². The highest BCUT2D eigenvalue weighted by Crippen LogP contribution is 2.30. The molecular formula is C11H21NO3S. The fourth-order valence-electron chi connectivity index (χ4n) is 1.92. The lowest BCUT2D eigenvalue weighted by Crippen LogP contribution is -2.35. The highest BCUT2D eigenvalue weighted by molar-refractivity contribution is 7.89. The molecule has 1 unspecified atom stereocenters. The van der Waals surface area contributed by atoms with Crippen molar-refractivity contribution in [3.63, 3.8) is 0 Å². The maximum atomic E-state index is 11.9. The van der Waals surface area contributed by atoms with Crippen molar-refractivity contribution in [1.82, 2.24) is 4.31 Å². The van der Waals surface area contributed by atoms with Crippen molar-refractivity contribution in [2.24, 2.45) is 5.92 Å². The Morgan fingerprint density at radius 2 is 2.00 bits per heavy atom. The summed E-state index contributed by atoms with van der Waals surface area (Å²) in [6.45, 7) is 5.45. The summed E-state index contributed by atoms with van der Waals surface area (Å²) in [6, 6.07) is 0. The summed E-state index contributed by atoms with van der Waals surface area (Å²) < 4.78 is 31.1. The first-order valence-electron chi connectivity index (χ1n) is 6.10. The van der Waals surface area contributed by atoms with Crippen molar-refractivity contribution in [2.45, 2.75) is 44.5 Å². The normalized spacial score (nSPS) is 27.8. The van der Waals surface area contributed by atoms with Gasteiger partial charge in [-0.1, -0.05) is 0 Å². The molecule has 0 aromatic heterocycles. The standard InChI is InChI=1S/C11H21NO3S/c1-9(2)16(13,14)12-6-5-11(7-12)15-8-10-3-4-10/h9-11H,3-8H2,1-2H3. The summed E-state index contributed by atoms with van der Waals surface area (Å²) in [5.41, 5.74) is 0. The molecule has 0 radical (unpaired) electrons. The molecule has 0 bridgehead atoms. The van der Waals surface area contributed by atoms with Crippen LogP contribution in [0.3, 0.4) is 0 Å². The van der Waals surface area contributed by atoms with E-state index in [9.17, 15) is 8.42 Å². The fraction of sp³-hybridized carbons (Fsp3) is 1.00. The van der Waals surface area contributed by atoms with Crippen LogP contribution in [0.2, 0.25) is 0 Å². The highest BCUT2D eigenvalue weighted by Gasteiger charge is 2.34. The number of sulfonamides is 1. The van der Waals surface area contributed by atoms with E-state index in [1.54, 1.807) is 18.2 Å². The Kier molecular flexibility index (Phi) is 3.56. The van der Waals surface area contributed by atoms with Crippen molar-refractivity contribution in [1.29, 1.82) is 0 Å². The Balaban J connectivity index is 1.82. The number of ether oxygens (including phenoxy) is 1. The molecule has 5 heteroatoms. The van der Waals surface area contributed by atoms with Crippen LogP contribution in [0.1, 0.15) is 33.1 Å². The largest absolute Gasteiger partial charge is 0.377 e. The van der Waals surface area contributed by atoms with Gasteiger partial charge in [-0.05, 0) is 39.0 Å². The zero-order chi connectivity index (χ0) is 11.8. The molecule has 0 spiro atoms. The Morgan fingerprint density at radius 1 is 1.31 bits per heavy atom. The molecule has 2 rings (SSSR count). The van der Waals surface area contributed by atoms with Crippen molar-refractivity contribution in [3.8, 4) is 0 Å². The molecule has 2 fully saturated rings. The van der Waals surface area contributed by atoms with Crippen LogP contribution in [0.25, 0.3) is 0 Å². The molecule has 0 aromatic rings. The summed E-state index contributed by atoms with van der Waals surface area (Å²) in [5.74, 6) is 0.746. The second-order valence-corrected chi connectivity index (χ2v) is 7.63. The molecule has 1 heterocycles. The van der Waals surface area contributed by atoms with Gasteiger partial charge in [-0.15, -0.1) is 0 Å². The third-order valence-electron chi connectivity index (χ3n) is 3.33. The van der Waals surface area contributed by atoms with Crippen LogP contribution in [0.4, 0.5) is 0 Å². The van der Waals surface area contributed by atoms with Crippen LogP contribution in [-0.4, -0.2) is 43.8 Å². The molecule has 1 saturated heterocycles. The minimum absolute atomic E-state index is 0.120. The van der Waals surface area contributed by atoms with E-state index in [4.69, 9.17) is 4.74 Å². The van der Waals surface area contributed by atoms with Gasteiger partial charge in [-0.3, -0.25) is 0 Å². The predicted molar refractivity (Wildman–Crippen MR) is 62.7 cm³/mol. The molecule has 4 nitrogen and oxygen atoms in total. The molecule has 1 aliphatic heterocycles. The SMILES string of the molecule is CC(C)S(=O)(=O)N1CCC(OCC2CC2)C1. The van der Waals surface area contributed by atoms with Crippen LogP contribution in [0.15, 0.2) is 0 Å². The van der Waals surface area contributed by atoms with Gasteiger partial charge < -0.3 is 4.74 Å². The maximum Gasteiger partial charge on any atom is 0.216 e. The number of hydrogen-bond acceptors (Lipinski definition) is 3. The minimum atomic E-state index is -3.08. The first-order chi connectivity index (χ1) is 7.50. The number of nitrogens with zero attached hydrogens (tertiary/aromatic N) is 1. The first-order valence-corrected chi connectivity index (χ1v) is 7.61. The lowest BCUT2D eigenvalue weighted by atomic mass is 10.3. The van der Waals surface area contributed by atoms with Crippen molar-refractivity contribution in [2.75, 3.05) is 19.7 Å². The average Bonchev–Trinajstić information content (AvgIpc) is 2.92. The number of hydrogen-bond donors (Lipinski definition) is 0. The van der Waals surface area contributed by atoms with E-state index < -0.39 is 10.0 Å². The van der Waals surface area contributed by atoms with Gasteiger partial charge in [0.2, 0.25) is 10.0 Å². The Morgan fingerprint density at radius 3 is 2.56 bits per heavy atom. The summed E-state index contributed by atoms with van der Waals surface area (Å²) in [7, 11) is -3.08. The summed E-state index contributed by atoms with van der Waals surface area (Å²) in [4.78, 5) is 0. The molecule has 0 N–H and O–H groups in total. The van der Waals surface area contributed by atoms with Crippen LogP contribution in [-0.2, 0) is 14.8 Å². The third kappa shape index (κ3) is 2.76. The average molecular weight is 247 g/mol. The lowest BCUT2D eigenvalue weighted by molar-refractivity contribution is 0.0560. The summed E-state index contributed by atoms with van der Waals surface area (Å²) >= 11 is 0. The van der Waals surface area contributed by atoms with E-state index in [1.807, 2.05) is 0 Å². The fourth-order valence-corrected chi connectivity index (χ4v) is 3.25. The van der Waals surface area contributed by atoms with Gasteiger partial charge >= 0.3 is 0 Å². The molecule has 1 atom stereocenters. The summed E-state index contributed by atoms with van der Waals surface area (Å²) in [5, 5.41) is -0.324. The minimum Gasteiger partial charge on any atom is -0.377 e. The first kappa shape index (κ1) is 12.3. The van der Waals surface area contributed by atoms with Gasteiger partial charge in [0.25, 0.3) is 0 Å². The molecule has 0 amide bonds. The van der Waals surface area contributed by atoms with Gasteiger partial charge in [-0.2, -0.15) is 4.31 Å². The monoisotopic (exact) mass is 247 g/mol. The highest BCUT2D eigenvalue weighted by atomic mass is 32.2. The van der Waals surface area contributed by atoms with Crippen LogP contribution in [0, 0.1) is 5.92 Å². The van der Waals surface area contributed by atoms with Crippen LogP contribution >= 0.6 is 0 Å². The van der Waals surface area contributed by atoms with Gasteiger partial charge in [-0.25, -0.2) is 8.42 Å². The van der Waals surface area contributed by atoms with E-state index in [-0.39, 0.29) is 11.4 Å². The zero-order valence-corrected chi connectivity index (χ0v) is 10.9. The van der Waals surface area contributed by atoms with Crippen molar-refractivity contribution < 1.29 is 13.2 Å². The number of rotatable bonds is 5. The molecule has 94 valence electrons. The van der Waals surface area contributed by atoms with Crippen LogP contribution < -0.4 is 0 Å². The van der Waals surface area contributed by atoms with E-state index in [2.05, 4.69) is 0 Å². The summed E-state index contributed by atoms with van der Waals surface area (Å²) in [6.07, 6.45) is 3.52. The third-order valence-corrected chi connectivity index (χ3v) is 5.57. The predicted octanol–water partition coefficient (Wildman–Crippen LogP) is 1.23. The van der Waals surface area contributed by atoms with Gasteiger partial charge in [0.05, 0.1) is 11.4 Å². The van der Waals surface area contributed by atoms with E-state index in [1.165, 1.54) is 12.8 Å². The maximum absolute atomic E-state index is 11.9. The second kappa shape index (κ2) is 4.63. The van der Waals surface area contributed by atoms with Gasteiger partial charge in [0.15, 0.2) is 0 Å². The smallest absolute Gasteiger partial charge is 0.216 e. The van der Waals surface area contributed by atoms with E-state index in [0.29, 0.717) is 13.1 Å². The lowest BCUT2D eigenvalue weighted by Gasteiger charge is -2.19. The van der Waals surface area contributed by atoms with E-state index >= 15 is 0 Å². The second-order valence-electron chi connectivity index (χ2n) is 5.14. The Bertz CT molecular complexity index is 335. The van der Waals surface area contributed by atoms with Crippen molar-refractivity contribution in [3.05, 3.63) is 0 Å². The molecule has 1 saturated carbocycles. The molecule has 16 heavy (non-hydrogen) atoms.